The molecule has 0 fully saturated rings. The Kier molecular flexibility index (Phi) is 42.8. The Morgan fingerprint density at radius 3 is 1.06 bits per heavy atom. The second-order valence-electron chi connectivity index (χ2n) is 22.6. The first-order valence-corrected chi connectivity index (χ1v) is 36.9. The number of ether oxygens (including phenoxy) is 4. The average molecular weight is 1450 g/mol. The van der Waals surface area contributed by atoms with Crippen LogP contribution in [0.1, 0.15) is 95.9 Å². The molecule has 0 spiro atoms. The summed E-state index contributed by atoms with van der Waals surface area (Å²) in [5.41, 5.74) is 8.48. The molecule has 0 saturated carbocycles. The van der Waals surface area contributed by atoms with Crippen LogP contribution in [-0.2, 0) is 118 Å². The molecule has 0 bridgehead atoms. The molecule has 4 atom stereocenters. The highest BCUT2D eigenvalue weighted by Gasteiger charge is 2.24. The summed E-state index contributed by atoms with van der Waals surface area (Å²) in [7, 11) is -1.31. The summed E-state index contributed by atoms with van der Waals surface area (Å²) in [6.45, 7) is 4.57. The van der Waals surface area contributed by atoms with E-state index < -0.39 is 52.5 Å². The van der Waals surface area contributed by atoms with E-state index >= 15 is 0 Å². The van der Waals surface area contributed by atoms with Crippen LogP contribution in [0, 0.1) is 17.8 Å². The zero-order chi connectivity index (χ0) is 73.1. The van der Waals surface area contributed by atoms with Gasteiger partial charge in [0.1, 0.15) is 26.4 Å². The first-order chi connectivity index (χ1) is 48.9. The van der Waals surface area contributed by atoms with E-state index in [0.29, 0.717) is 17.9 Å². The van der Waals surface area contributed by atoms with Gasteiger partial charge in [-0.05, 0) is 70.2 Å². The van der Waals surface area contributed by atoms with Crippen molar-refractivity contribution in [1.29, 1.82) is 0 Å². The van der Waals surface area contributed by atoms with E-state index in [0.717, 1.165) is 50.6 Å². The van der Waals surface area contributed by atoms with E-state index in [9.17, 15) is 42.6 Å². The fourth-order valence-corrected chi connectivity index (χ4v) is 12.7. The number of thioether (sulfide) groups is 2. The Morgan fingerprint density at radius 2 is 0.693 bits per heavy atom. The third-order valence-corrected chi connectivity index (χ3v) is 18.6. The minimum atomic E-state index is -1.31. The lowest BCUT2D eigenvalue weighted by Crippen LogP contribution is -2.22. The van der Waals surface area contributed by atoms with Gasteiger partial charge in [0.05, 0.1) is 17.8 Å². The Labute approximate surface area is 608 Å². The Bertz CT molecular complexity index is 3690. The number of esters is 4. The molecule has 0 heterocycles. The number of hydrogen-bond donors (Lipinski definition) is 5. The quantitative estimate of drug-likeness (QED) is 0.0105. The van der Waals surface area contributed by atoms with Crippen LogP contribution in [-0.4, -0.2) is 89.6 Å². The monoisotopic (exact) mass is 1450 g/mol. The Balaban J connectivity index is 0.000000281. The highest BCUT2D eigenvalue weighted by atomic mass is 32.2. The fraction of sp³-hybridized carbons (Fsp3) is 0.275. The molecule has 8 aromatic carbocycles. The predicted molar refractivity (Wildman–Crippen MR) is 400 cm³/mol. The van der Waals surface area contributed by atoms with Crippen molar-refractivity contribution in [2.45, 2.75) is 101 Å². The number of carboxylic acid groups (broad SMARTS) is 4. The van der Waals surface area contributed by atoms with Crippen LogP contribution in [0.2, 0.25) is 0 Å². The predicted octanol–water partition coefficient (Wildman–Crippen LogP) is 15.7. The molecule has 0 aliphatic heterocycles. The third kappa shape index (κ3) is 40.3. The van der Waals surface area contributed by atoms with E-state index in [-0.39, 0.29) is 112 Å². The number of carbonyl (C=O) groups excluding carboxylic acids is 4. The average Bonchev–Trinajstić information content (AvgIpc) is 1.67. The highest BCUT2D eigenvalue weighted by molar-refractivity contribution is 7.98. The normalized spacial score (nSPS) is 11.5. The Hall–Kier alpha value is -9.54. The zero-order valence-electron chi connectivity index (χ0n) is 56.2. The summed E-state index contributed by atoms with van der Waals surface area (Å²) in [4.78, 5) is 91.3. The molecule has 0 aliphatic rings. The van der Waals surface area contributed by atoms with Gasteiger partial charge in [0.2, 0.25) is 0 Å². The summed E-state index contributed by atoms with van der Waals surface area (Å²) in [6, 6.07) is 77.2. The van der Waals surface area contributed by atoms with Crippen molar-refractivity contribution in [3.05, 3.63) is 299 Å². The van der Waals surface area contributed by atoms with Crippen molar-refractivity contribution in [2.24, 2.45) is 17.8 Å². The molecular formula is C80H88O17S4. The largest absolute Gasteiger partial charge is 0.481 e. The maximum Gasteiger partial charge on any atom is 0.333 e. The summed E-state index contributed by atoms with van der Waals surface area (Å²) in [5.74, 6) is -3.57. The fourth-order valence-electron chi connectivity index (χ4n) is 8.77. The smallest absolute Gasteiger partial charge is 0.333 e. The van der Waals surface area contributed by atoms with Gasteiger partial charge in [-0.2, -0.15) is 36.2 Å². The van der Waals surface area contributed by atoms with Gasteiger partial charge in [-0.3, -0.25) is 37.8 Å². The molecule has 4 unspecified atom stereocenters. The number of thiol groups is 1. The van der Waals surface area contributed by atoms with Gasteiger partial charge in [0, 0.05) is 82.3 Å². The van der Waals surface area contributed by atoms with Crippen molar-refractivity contribution in [3.63, 3.8) is 0 Å². The second kappa shape index (κ2) is 51.6. The van der Waals surface area contributed by atoms with Crippen LogP contribution in [0.3, 0.4) is 0 Å². The van der Waals surface area contributed by atoms with E-state index in [1.807, 2.05) is 218 Å². The van der Waals surface area contributed by atoms with E-state index in [2.05, 4.69) is 43.5 Å². The molecule has 534 valence electrons. The molecule has 0 radical (unpaired) electrons. The van der Waals surface area contributed by atoms with Crippen molar-refractivity contribution < 1.29 is 81.9 Å². The summed E-state index contributed by atoms with van der Waals surface area (Å²) in [6.07, 6.45) is 0.792. The van der Waals surface area contributed by atoms with Gasteiger partial charge in [-0.25, -0.2) is 4.79 Å². The van der Waals surface area contributed by atoms with E-state index in [1.165, 1.54) is 22.9 Å². The van der Waals surface area contributed by atoms with Gasteiger partial charge < -0.3 is 39.4 Å². The van der Waals surface area contributed by atoms with Crippen LogP contribution in [0.4, 0.5) is 0 Å². The van der Waals surface area contributed by atoms with Crippen LogP contribution in [0.25, 0.3) is 0 Å². The number of aliphatic carboxylic acids is 4. The minimum absolute atomic E-state index is 0.00516. The lowest BCUT2D eigenvalue weighted by atomic mass is 10.1. The summed E-state index contributed by atoms with van der Waals surface area (Å²) < 4.78 is 33.1. The zero-order valence-corrected chi connectivity index (χ0v) is 59.6. The van der Waals surface area contributed by atoms with Crippen LogP contribution in [0.15, 0.2) is 255 Å². The molecule has 21 heteroatoms. The van der Waals surface area contributed by atoms with Gasteiger partial charge in [0.25, 0.3) is 0 Å². The minimum Gasteiger partial charge on any atom is -0.481 e. The maximum absolute atomic E-state index is 12.8. The first kappa shape index (κ1) is 83.9. The van der Waals surface area contributed by atoms with Crippen molar-refractivity contribution in [1.82, 2.24) is 0 Å². The van der Waals surface area contributed by atoms with Crippen molar-refractivity contribution >= 4 is 94.7 Å². The number of carboxylic acids is 4. The first-order valence-electron chi connectivity index (χ1n) is 32.5. The summed E-state index contributed by atoms with van der Waals surface area (Å²) in [5, 5.41) is 35.0. The molecule has 0 aromatic heterocycles. The van der Waals surface area contributed by atoms with Gasteiger partial charge in [0.15, 0.2) is 0 Å². The highest BCUT2D eigenvalue weighted by Crippen LogP contribution is 2.23. The van der Waals surface area contributed by atoms with Gasteiger partial charge >= 0.3 is 47.8 Å². The van der Waals surface area contributed by atoms with Gasteiger partial charge in [-0.15, -0.1) is 0 Å². The van der Waals surface area contributed by atoms with Crippen LogP contribution >= 0.6 is 36.2 Å². The molecule has 0 aliphatic carbocycles. The number of benzene rings is 8. The molecule has 4 N–H and O–H groups in total. The lowest BCUT2D eigenvalue weighted by molar-refractivity contribution is -0.151. The number of rotatable bonds is 37. The third-order valence-electron chi connectivity index (χ3n) is 14.4. The molecular weight excluding hydrogens is 1360 g/mol. The van der Waals surface area contributed by atoms with Crippen molar-refractivity contribution in [2.75, 3.05) is 17.3 Å². The summed E-state index contributed by atoms with van der Waals surface area (Å²) >= 11 is 7.30. The van der Waals surface area contributed by atoms with Crippen LogP contribution in [0.5, 0.6) is 0 Å². The maximum atomic E-state index is 12.8. The molecule has 8 aromatic rings. The molecule has 0 saturated heterocycles. The Morgan fingerprint density at radius 1 is 0.376 bits per heavy atom. The lowest BCUT2D eigenvalue weighted by Gasteiger charge is -2.16. The second-order valence-corrected chi connectivity index (χ2v) is 26.5. The molecule has 8 rings (SSSR count). The van der Waals surface area contributed by atoms with Crippen LogP contribution < -0.4 is 0 Å². The molecule has 101 heavy (non-hydrogen) atoms. The SMILES string of the molecule is C=C(CCC(=O)OCc1ccccc1)C(=O)OCc1ccccc1.O=C(CCC(CSCc1ccccc1)C(=O)OCc1ccccc1)OCc1ccccc1.O=C(O)CCC(CS(=O)Cc1ccccc1)C(=O)O.O=C(O)CCC(CSCc1ccccc1)C(=O)O.SCc1ccccc1. The number of hydrogen-bond acceptors (Lipinski definition) is 16. The topological polar surface area (TPSA) is 271 Å². The van der Waals surface area contributed by atoms with E-state index in [1.54, 1.807) is 11.8 Å². The molecule has 0 amide bonds. The molecule has 17 nitrogen and oxygen atoms in total. The van der Waals surface area contributed by atoms with E-state index in [4.69, 9.17) is 39.4 Å². The van der Waals surface area contributed by atoms with Gasteiger partial charge in [-0.1, -0.05) is 249 Å². The standard InChI is InChI=1S/C27H28O4S.C20H20O4.C13H16O5S.C13H16O4S.C7H8S/c28-26(30-18-22-10-4-1-5-11-22)17-16-25(21-32-20-24-14-8-3-9-15-24)27(29)31-19-23-12-6-2-7-13-23;1-16(20(22)24-15-18-10-6-3-7-11-18)12-13-19(21)23-14-17-8-4-2-5-9-17;14-12(15)7-6-11(13(16)17)9-19(18)8-10-4-2-1-3-5-10;14-12(15)7-6-11(13(16)17)9-18-8-10-4-2-1-3-5-10;8-6-7-4-2-1-3-5-7/h1-15,25H,16-21H2;2-11H,1,12-15H2;1-5,11H,6-9H2,(H,14,15)(H,16,17);1-5,11H,6-9H2,(H,14,15)(H,16,17);1-5,8H,6H2. The van der Waals surface area contributed by atoms with Crippen molar-refractivity contribution in [3.8, 4) is 0 Å². The number of carbonyl (C=O) groups is 8.